The van der Waals surface area contributed by atoms with Gasteiger partial charge in [-0.1, -0.05) is 12.1 Å². The van der Waals surface area contributed by atoms with E-state index in [2.05, 4.69) is 22.2 Å². The second-order valence-corrected chi connectivity index (χ2v) is 7.84. The summed E-state index contributed by atoms with van der Waals surface area (Å²) in [5.74, 6) is -2.15. The van der Waals surface area contributed by atoms with Crippen LogP contribution in [0.3, 0.4) is 0 Å². The fraction of sp³-hybridized carbons (Fsp3) is 0.238. The largest absolute Gasteiger partial charge is 0.346 e. The summed E-state index contributed by atoms with van der Waals surface area (Å²) in [6, 6.07) is 10.0. The van der Waals surface area contributed by atoms with Crippen molar-refractivity contribution in [3.05, 3.63) is 65.0 Å². The Kier molecular flexibility index (Phi) is 5.55. The zero-order chi connectivity index (χ0) is 20.4. The lowest BCUT2D eigenvalue weighted by molar-refractivity contribution is 0.102. The molecule has 1 N–H and O–H groups in total. The summed E-state index contributed by atoms with van der Waals surface area (Å²) in [7, 11) is 2.11. The molecule has 1 fully saturated rings. The van der Waals surface area contributed by atoms with Crippen molar-refractivity contribution in [3.63, 3.8) is 0 Å². The molecule has 2 aromatic carbocycles. The van der Waals surface area contributed by atoms with Crippen LogP contribution in [0.25, 0.3) is 11.3 Å². The first-order valence-corrected chi connectivity index (χ1v) is 10.1. The molecule has 0 atom stereocenters. The number of anilines is 2. The molecule has 1 aromatic heterocycles. The van der Waals surface area contributed by atoms with Crippen molar-refractivity contribution in [2.45, 2.75) is 0 Å². The van der Waals surface area contributed by atoms with Gasteiger partial charge in [0, 0.05) is 54.4 Å². The average Bonchev–Trinajstić information content (AvgIpc) is 3.18. The molecule has 0 spiro atoms. The van der Waals surface area contributed by atoms with Gasteiger partial charge < -0.3 is 15.1 Å². The van der Waals surface area contributed by atoms with Gasteiger partial charge in [-0.15, -0.1) is 11.3 Å². The van der Waals surface area contributed by atoms with Crippen LogP contribution in [0.15, 0.2) is 47.8 Å². The van der Waals surface area contributed by atoms with Crippen molar-refractivity contribution < 1.29 is 13.6 Å². The maximum atomic E-state index is 13.4. The molecule has 1 aliphatic heterocycles. The monoisotopic (exact) mass is 414 g/mol. The molecular weight excluding hydrogens is 394 g/mol. The standard InChI is InChI=1S/C21H20F2N4OS/c1-26-5-7-27(8-6-26)21-25-19(13-29-21)14-3-2-4-18(11-14)24-20(28)15-9-16(22)12-17(23)10-15/h2-4,9-13H,5-8H2,1H3,(H,24,28). The Balaban J connectivity index is 1.49. The highest BCUT2D eigenvalue weighted by atomic mass is 32.1. The highest BCUT2D eigenvalue weighted by Crippen LogP contribution is 2.29. The normalized spacial score (nSPS) is 14.8. The molecule has 1 aliphatic rings. The van der Waals surface area contributed by atoms with E-state index in [1.165, 1.54) is 0 Å². The molecule has 0 bridgehead atoms. The summed E-state index contributed by atoms with van der Waals surface area (Å²) in [4.78, 5) is 21.6. The van der Waals surface area contributed by atoms with Crippen LogP contribution in [-0.4, -0.2) is 49.0 Å². The average molecular weight is 414 g/mol. The second kappa shape index (κ2) is 8.26. The van der Waals surface area contributed by atoms with Crippen LogP contribution >= 0.6 is 11.3 Å². The van der Waals surface area contributed by atoms with Crippen LogP contribution < -0.4 is 10.2 Å². The highest BCUT2D eigenvalue weighted by Gasteiger charge is 2.17. The molecule has 0 radical (unpaired) electrons. The number of aromatic nitrogens is 1. The number of nitrogens with one attached hydrogen (secondary N) is 1. The maximum absolute atomic E-state index is 13.4. The van der Waals surface area contributed by atoms with Crippen LogP contribution in [0.1, 0.15) is 10.4 Å². The van der Waals surface area contributed by atoms with Crippen molar-refractivity contribution in [3.8, 4) is 11.3 Å². The van der Waals surface area contributed by atoms with Gasteiger partial charge in [0.2, 0.25) is 0 Å². The zero-order valence-electron chi connectivity index (χ0n) is 15.9. The molecule has 8 heteroatoms. The smallest absolute Gasteiger partial charge is 0.255 e. The molecule has 4 rings (SSSR count). The predicted molar refractivity (Wildman–Crippen MR) is 112 cm³/mol. The van der Waals surface area contributed by atoms with Gasteiger partial charge in [0.05, 0.1) is 5.69 Å². The number of piperazine rings is 1. The topological polar surface area (TPSA) is 48.5 Å². The molecule has 0 saturated carbocycles. The quantitative estimate of drug-likeness (QED) is 0.699. The number of thiazole rings is 1. The summed E-state index contributed by atoms with van der Waals surface area (Å²) in [5.41, 5.74) is 2.16. The Morgan fingerprint density at radius 1 is 1.07 bits per heavy atom. The summed E-state index contributed by atoms with van der Waals surface area (Å²) in [5, 5.41) is 5.67. The molecule has 5 nitrogen and oxygen atoms in total. The van der Waals surface area contributed by atoms with E-state index < -0.39 is 17.5 Å². The first-order chi connectivity index (χ1) is 14.0. The van der Waals surface area contributed by atoms with E-state index in [0.717, 1.165) is 60.8 Å². The van der Waals surface area contributed by atoms with Gasteiger partial charge in [0.15, 0.2) is 5.13 Å². The van der Waals surface area contributed by atoms with Crippen molar-refractivity contribution >= 4 is 28.1 Å². The number of nitrogens with zero attached hydrogens (tertiary/aromatic N) is 3. The van der Waals surface area contributed by atoms with E-state index in [1.807, 2.05) is 17.5 Å². The Morgan fingerprint density at radius 2 is 1.79 bits per heavy atom. The highest BCUT2D eigenvalue weighted by molar-refractivity contribution is 7.14. The zero-order valence-corrected chi connectivity index (χ0v) is 16.7. The Bertz CT molecular complexity index is 1010. The van der Waals surface area contributed by atoms with Gasteiger partial charge >= 0.3 is 0 Å². The molecule has 1 saturated heterocycles. The molecule has 1 amide bonds. The fourth-order valence-electron chi connectivity index (χ4n) is 3.18. The number of halogens is 2. The van der Waals surface area contributed by atoms with E-state index in [-0.39, 0.29) is 5.56 Å². The van der Waals surface area contributed by atoms with Crippen LogP contribution in [0, 0.1) is 11.6 Å². The third-order valence-electron chi connectivity index (χ3n) is 4.81. The lowest BCUT2D eigenvalue weighted by Crippen LogP contribution is -2.44. The summed E-state index contributed by atoms with van der Waals surface area (Å²) in [6.45, 7) is 3.92. The Labute approximate surface area is 171 Å². The number of hydrogen-bond donors (Lipinski definition) is 1. The molecular formula is C21H20F2N4OS. The molecule has 3 aromatic rings. The number of rotatable bonds is 4. The molecule has 29 heavy (non-hydrogen) atoms. The number of benzene rings is 2. The fourth-order valence-corrected chi connectivity index (χ4v) is 4.07. The number of carbonyl (C=O) groups is 1. The molecule has 150 valence electrons. The van der Waals surface area contributed by atoms with E-state index in [0.29, 0.717) is 5.69 Å². The SMILES string of the molecule is CN1CCN(c2nc(-c3cccc(NC(=O)c4cc(F)cc(F)c4)c3)cs2)CC1. The lowest BCUT2D eigenvalue weighted by atomic mass is 10.1. The van der Waals surface area contributed by atoms with Gasteiger partial charge in [-0.25, -0.2) is 13.8 Å². The summed E-state index contributed by atoms with van der Waals surface area (Å²) in [6.07, 6.45) is 0. The first kappa shape index (κ1) is 19.5. The number of likely N-dealkylation sites (N-methyl/N-ethyl adjacent to an activating group) is 1. The third-order valence-corrected chi connectivity index (χ3v) is 5.71. The minimum atomic E-state index is -0.789. The van der Waals surface area contributed by atoms with Gasteiger partial charge in [0.1, 0.15) is 11.6 Å². The Hall–Kier alpha value is -2.84. The third kappa shape index (κ3) is 4.60. The van der Waals surface area contributed by atoms with Crippen molar-refractivity contribution in [1.82, 2.24) is 9.88 Å². The van der Waals surface area contributed by atoms with E-state index in [4.69, 9.17) is 4.98 Å². The predicted octanol–water partition coefficient (Wildman–Crippen LogP) is 4.09. The van der Waals surface area contributed by atoms with E-state index >= 15 is 0 Å². The van der Waals surface area contributed by atoms with Crippen LogP contribution in [0.2, 0.25) is 0 Å². The number of amides is 1. The second-order valence-electron chi connectivity index (χ2n) is 7.00. The van der Waals surface area contributed by atoms with Gasteiger partial charge in [0.25, 0.3) is 5.91 Å². The molecule has 2 heterocycles. The lowest BCUT2D eigenvalue weighted by Gasteiger charge is -2.32. The van der Waals surface area contributed by atoms with Gasteiger partial charge in [-0.3, -0.25) is 4.79 Å². The van der Waals surface area contributed by atoms with Crippen molar-refractivity contribution in [1.29, 1.82) is 0 Å². The van der Waals surface area contributed by atoms with Crippen molar-refractivity contribution in [2.24, 2.45) is 0 Å². The first-order valence-electron chi connectivity index (χ1n) is 9.25. The Morgan fingerprint density at radius 3 is 2.52 bits per heavy atom. The molecule has 0 aliphatic carbocycles. The van der Waals surface area contributed by atoms with Crippen molar-refractivity contribution in [2.75, 3.05) is 43.4 Å². The van der Waals surface area contributed by atoms with Gasteiger partial charge in [-0.05, 0) is 31.3 Å². The van der Waals surface area contributed by atoms with Crippen LogP contribution in [-0.2, 0) is 0 Å². The molecule has 0 unspecified atom stereocenters. The van der Waals surface area contributed by atoms with E-state index in [1.54, 1.807) is 23.5 Å². The van der Waals surface area contributed by atoms with Gasteiger partial charge in [-0.2, -0.15) is 0 Å². The van der Waals surface area contributed by atoms with Crippen LogP contribution in [0.4, 0.5) is 19.6 Å². The summed E-state index contributed by atoms with van der Waals surface area (Å²) < 4.78 is 26.7. The summed E-state index contributed by atoms with van der Waals surface area (Å²) >= 11 is 1.60. The minimum absolute atomic E-state index is 0.0704. The number of hydrogen-bond acceptors (Lipinski definition) is 5. The minimum Gasteiger partial charge on any atom is -0.346 e. The maximum Gasteiger partial charge on any atom is 0.255 e. The van der Waals surface area contributed by atoms with E-state index in [9.17, 15) is 13.6 Å². The van der Waals surface area contributed by atoms with Crippen LogP contribution in [0.5, 0.6) is 0 Å². The number of carbonyl (C=O) groups excluding carboxylic acids is 1.